The summed E-state index contributed by atoms with van der Waals surface area (Å²) in [7, 11) is 0. The number of para-hydroxylation sites is 1. The number of hydrogen-bond acceptors (Lipinski definition) is 6. The van der Waals surface area contributed by atoms with Crippen LogP contribution in [0.1, 0.15) is 38.7 Å². The van der Waals surface area contributed by atoms with E-state index in [1.54, 1.807) is 20.0 Å². The van der Waals surface area contributed by atoms with E-state index < -0.39 is 54.3 Å². The molecule has 1 aromatic carbocycles. The number of amides is 4. The van der Waals surface area contributed by atoms with Crippen molar-refractivity contribution in [2.24, 2.45) is 11.7 Å². The lowest BCUT2D eigenvalue weighted by Gasteiger charge is -2.26. The van der Waals surface area contributed by atoms with Gasteiger partial charge in [0.15, 0.2) is 0 Å². The predicted molar refractivity (Wildman–Crippen MR) is 135 cm³/mol. The van der Waals surface area contributed by atoms with Crippen LogP contribution in [0.15, 0.2) is 30.5 Å². The molecule has 3 rings (SSSR count). The van der Waals surface area contributed by atoms with E-state index in [0.29, 0.717) is 18.5 Å². The first kappa shape index (κ1) is 27.7. The van der Waals surface area contributed by atoms with Gasteiger partial charge in [0.25, 0.3) is 0 Å². The van der Waals surface area contributed by atoms with Gasteiger partial charge >= 0.3 is 5.97 Å². The van der Waals surface area contributed by atoms with Gasteiger partial charge in [0.1, 0.15) is 18.1 Å². The Morgan fingerprint density at radius 2 is 1.76 bits per heavy atom. The second-order valence-corrected chi connectivity index (χ2v) is 9.57. The van der Waals surface area contributed by atoms with Crippen LogP contribution in [-0.4, -0.2) is 70.4 Å². The standard InChI is InChI=1S/C25H34N6O6/c1-13(2)21(31-22(33)17-8-5-9-27-17)24(35)29-18(11-20(26)32)23(34)30-19(25(36)37)10-14-12-28-16-7-4-3-6-15(14)16/h3-4,6-7,12-13,17-19,21,27-28H,5,8-11H2,1-2H3,(H2,26,32)(H,29,35)(H,30,34)(H,31,33)(H,36,37). The number of fused-ring (bicyclic) bond motifs is 1. The molecule has 2 heterocycles. The molecular formula is C25H34N6O6. The van der Waals surface area contributed by atoms with Crippen molar-refractivity contribution in [2.45, 2.75) is 63.7 Å². The number of H-pyrrole nitrogens is 1. The lowest BCUT2D eigenvalue weighted by molar-refractivity contribution is -0.142. The number of rotatable bonds is 12. The Kier molecular flexibility index (Phi) is 9.23. The summed E-state index contributed by atoms with van der Waals surface area (Å²) in [4.78, 5) is 65.3. The maximum absolute atomic E-state index is 13.1. The molecule has 200 valence electrons. The monoisotopic (exact) mass is 514 g/mol. The van der Waals surface area contributed by atoms with E-state index >= 15 is 0 Å². The minimum absolute atomic E-state index is 0.0264. The van der Waals surface area contributed by atoms with Gasteiger partial charge in [-0.15, -0.1) is 0 Å². The van der Waals surface area contributed by atoms with Gasteiger partial charge in [-0.05, 0) is 36.9 Å². The number of nitrogens with two attached hydrogens (primary N) is 1. The molecule has 1 aromatic heterocycles. The van der Waals surface area contributed by atoms with Crippen molar-refractivity contribution in [2.75, 3.05) is 6.54 Å². The van der Waals surface area contributed by atoms with Crippen molar-refractivity contribution in [1.82, 2.24) is 26.3 Å². The molecule has 1 aliphatic rings. The molecular weight excluding hydrogens is 480 g/mol. The zero-order valence-corrected chi connectivity index (χ0v) is 20.9. The Morgan fingerprint density at radius 1 is 1.05 bits per heavy atom. The Hall–Kier alpha value is -3.93. The molecule has 37 heavy (non-hydrogen) atoms. The van der Waals surface area contributed by atoms with Gasteiger partial charge in [-0.1, -0.05) is 32.0 Å². The summed E-state index contributed by atoms with van der Waals surface area (Å²) >= 11 is 0. The first-order valence-electron chi connectivity index (χ1n) is 12.3. The van der Waals surface area contributed by atoms with Crippen molar-refractivity contribution < 1.29 is 29.1 Å². The summed E-state index contributed by atoms with van der Waals surface area (Å²) in [6.45, 7) is 4.18. The number of carbonyl (C=O) groups excluding carboxylic acids is 4. The number of primary amides is 1. The number of hydrogen-bond donors (Lipinski definition) is 7. The van der Waals surface area contributed by atoms with Gasteiger partial charge in [0.2, 0.25) is 23.6 Å². The quantitative estimate of drug-likeness (QED) is 0.199. The van der Waals surface area contributed by atoms with Crippen molar-refractivity contribution in [3.05, 3.63) is 36.0 Å². The lowest BCUT2D eigenvalue weighted by atomic mass is 10.0. The molecule has 1 aliphatic heterocycles. The third-order valence-electron chi connectivity index (χ3n) is 6.38. The second-order valence-electron chi connectivity index (χ2n) is 9.57. The van der Waals surface area contributed by atoms with Gasteiger partial charge in [-0.2, -0.15) is 0 Å². The number of aromatic nitrogens is 1. The molecule has 0 bridgehead atoms. The molecule has 12 nitrogen and oxygen atoms in total. The molecule has 0 spiro atoms. The molecule has 2 aromatic rings. The van der Waals surface area contributed by atoms with Crippen LogP contribution in [-0.2, 0) is 30.4 Å². The van der Waals surface area contributed by atoms with E-state index in [9.17, 15) is 29.1 Å². The van der Waals surface area contributed by atoms with Crippen LogP contribution < -0.4 is 27.0 Å². The summed E-state index contributed by atoms with van der Waals surface area (Å²) in [5, 5.41) is 21.2. The molecule has 0 radical (unpaired) electrons. The average molecular weight is 515 g/mol. The first-order valence-corrected chi connectivity index (χ1v) is 12.3. The number of carboxylic acid groups (broad SMARTS) is 1. The van der Waals surface area contributed by atoms with E-state index in [0.717, 1.165) is 17.3 Å². The Labute approximate surface area is 214 Å². The molecule has 0 saturated carbocycles. The van der Waals surface area contributed by atoms with E-state index in [1.807, 2.05) is 24.3 Å². The predicted octanol–water partition coefficient (Wildman–Crippen LogP) is -0.467. The summed E-state index contributed by atoms with van der Waals surface area (Å²) in [6, 6.07) is 3.22. The third-order valence-corrected chi connectivity index (χ3v) is 6.38. The van der Waals surface area contributed by atoms with Crippen LogP contribution in [0.4, 0.5) is 0 Å². The molecule has 4 amide bonds. The first-order chi connectivity index (χ1) is 17.6. The zero-order valence-electron chi connectivity index (χ0n) is 20.9. The highest BCUT2D eigenvalue weighted by Gasteiger charge is 2.33. The molecule has 12 heteroatoms. The second kappa shape index (κ2) is 12.3. The molecule has 4 atom stereocenters. The van der Waals surface area contributed by atoms with Gasteiger partial charge in [0, 0.05) is 23.5 Å². The van der Waals surface area contributed by atoms with E-state index in [2.05, 4.69) is 26.3 Å². The summed E-state index contributed by atoms with van der Waals surface area (Å²) in [5.41, 5.74) is 6.80. The average Bonchev–Trinajstić information content (AvgIpc) is 3.51. The number of carboxylic acids is 1. The minimum atomic E-state index is -1.42. The number of nitrogens with one attached hydrogen (secondary N) is 5. The van der Waals surface area contributed by atoms with Crippen molar-refractivity contribution in [1.29, 1.82) is 0 Å². The van der Waals surface area contributed by atoms with Crippen LogP contribution in [0.5, 0.6) is 0 Å². The summed E-state index contributed by atoms with van der Waals surface area (Å²) in [6.07, 6.45) is 2.60. The number of carbonyl (C=O) groups is 5. The molecule has 1 fully saturated rings. The van der Waals surface area contributed by atoms with Crippen molar-refractivity contribution in [3.8, 4) is 0 Å². The normalized spacial score (nSPS) is 17.6. The van der Waals surface area contributed by atoms with Crippen LogP contribution >= 0.6 is 0 Å². The third kappa shape index (κ3) is 7.29. The fraction of sp³-hybridized carbons (Fsp3) is 0.480. The van der Waals surface area contributed by atoms with Gasteiger partial charge in [-0.3, -0.25) is 19.2 Å². The largest absolute Gasteiger partial charge is 0.480 e. The minimum Gasteiger partial charge on any atom is -0.480 e. The SMILES string of the molecule is CC(C)C(NC(=O)C1CCCN1)C(=O)NC(CC(N)=O)C(=O)NC(Cc1c[nH]c2ccccc12)C(=O)O. The molecule has 0 aliphatic carbocycles. The maximum Gasteiger partial charge on any atom is 0.326 e. The molecule has 8 N–H and O–H groups in total. The molecule has 4 unspecified atom stereocenters. The summed E-state index contributed by atoms with van der Waals surface area (Å²) in [5.74, 6) is -4.33. The summed E-state index contributed by atoms with van der Waals surface area (Å²) < 4.78 is 0. The molecule has 1 saturated heterocycles. The van der Waals surface area contributed by atoms with Crippen LogP contribution in [0.2, 0.25) is 0 Å². The van der Waals surface area contributed by atoms with E-state index in [4.69, 9.17) is 5.73 Å². The number of aromatic amines is 1. The lowest BCUT2D eigenvalue weighted by Crippen LogP contribution is -2.59. The van der Waals surface area contributed by atoms with Crippen molar-refractivity contribution >= 4 is 40.5 Å². The Bertz CT molecular complexity index is 1160. The highest BCUT2D eigenvalue weighted by Crippen LogP contribution is 2.19. The van der Waals surface area contributed by atoms with Crippen molar-refractivity contribution in [3.63, 3.8) is 0 Å². The van der Waals surface area contributed by atoms with Crippen LogP contribution in [0.25, 0.3) is 10.9 Å². The highest BCUT2D eigenvalue weighted by atomic mass is 16.4. The van der Waals surface area contributed by atoms with Gasteiger partial charge < -0.3 is 37.1 Å². The fourth-order valence-electron chi connectivity index (χ4n) is 4.36. The van der Waals surface area contributed by atoms with E-state index in [1.165, 1.54) is 0 Å². The number of aliphatic carboxylic acids is 1. The smallest absolute Gasteiger partial charge is 0.326 e. The van der Waals surface area contributed by atoms with Crippen LogP contribution in [0, 0.1) is 5.92 Å². The zero-order chi connectivity index (χ0) is 27.1. The Morgan fingerprint density at radius 3 is 2.38 bits per heavy atom. The van der Waals surface area contributed by atoms with Crippen LogP contribution in [0.3, 0.4) is 0 Å². The highest BCUT2D eigenvalue weighted by molar-refractivity contribution is 5.96. The topological polar surface area (TPSA) is 196 Å². The maximum atomic E-state index is 13.1. The fourth-order valence-corrected chi connectivity index (χ4v) is 4.36. The van der Waals surface area contributed by atoms with Gasteiger partial charge in [0.05, 0.1) is 12.5 Å². The van der Waals surface area contributed by atoms with E-state index in [-0.39, 0.29) is 18.2 Å². The van der Waals surface area contributed by atoms with Gasteiger partial charge in [-0.25, -0.2) is 4.79 Å². The number of benzene rings is 1. The Balaban J connectivity index is 1.71.